The Labute approximate surface area is 193 Å². The van der Waals surface area contributed by atoms with Crippen molar-refractivity contribution in [2.75, 3.05) is 24.4 Å². The highest BCUT2D eigenvalue weighted by Crippen LogP contribution is 2.30. The van der Waals surface area contributed by atoms with Gasteiger partial charge in [0.1, 0.15) is 5.75 Å². The van der Waals surface area contributed by atoms with Crippen molar-refractivity contribution < 1.29 is 17.9 Å². The minimum absolute atomic E-state index is 0.00469. The van der Waals surface area contributed by atoms with E-state index in [9.17, 15) is 13.2 Å². The van der Waals surface area contributed by atoms with Crippen molar-refractivity contribution in [3.63, 3.8) is 0 Å². The Kier molecular flexibility index (Phi) is 7.09. The van der Waals surface area contributed by atoms with E-state index in [2.05, 4.69) is 10.2 Å². The first-order chi connectivity index (χ1) is 15.4. The van der Waals surface area contributed by atoms with Gasteiger partial charge in [-0.1, -0.05) is 43.2 Å². The topological polar surface area (TPSA) is 94.4 Å². The maximum Gasteiger partial charge on any atom is 0.233 e. The van der Waals surface area contributed by atoms with Crippen LogP contribution in [0.5, 0.6) is 5.75 Å². The van der Waals surface area contributed by atoms with Crippen molar-refractivity contribution in [3.05, 3.63) is 24.3 Å². The molecule has 1 atom stereocenters. The lowest BCUT2D eigenvalue weighted by molar-refractivity contribution is -0.133. The number of carbonyl (C=O) groups is 1. The molecule has 1 aromatic carbocycles. The SMILES string of the molecule is COc1cccc(-c2nnc(SCC(=O)N(C3CCCCC3)[C@@H]3CCS(=O)(=O)C3)n2C)c1. The molecule has 4 rings (SSSR count). The minimum Gasteiger partial charge on any atom is -0.497 e. The zero-order chi connectivity index (χ0) is 22.7. The molecule has 2 heterocycles. The molecule has 1 saturated heterocycles. The molecule has 0 spiro atoms. The normalized spacial score (nSPS) is 20.9. The number of sulfone groups is 1. The van der Waals surface area contributed by atoms with Crippen LogP contribution in [-0.2, 0) is 21.7 Å². The van der Waals surface area contributed by atoms with Crippen molar-refractivity contribution >= 4 is 27.5 Å². The average molecular weight is 479 g/mol. The first kappa shape index (κ1) is 23.1. The van der Waals surface area contributed by atoms with E-state index in [4.69, 9.17) is 4.74 Å². The predicted molar refractivity (Wildman–Crippen MR) is 124 cm³/mol. The number of ether oxygens (including phenoxy) is 1. The maximum absolute atomic E-state index is 13.3. The summed E-state index contributed by atoms with van der Waals surface area (Å²) in [4.78, 5) is 15.2. The van der Waals surface area contributed by atoms with Gasteiger partial charge >= 0.3 is 0 Å². The molecule has 0 N–H and O–H groups in total. The molecule has 32 heavy (non-hydrogen) atoms. The molecule has 1 amide bonds. The van der Waals surface area contributed by atoms with Crippen LogP contribution in [0, 0.1) is 0 Å². The summed E-state index contributed by atoms with van der Waals surface area (Å²) in [5, 5.41) is 9.24. The van der Waals surface area contributed by atoms with Gasteiger partial charge in [0.2, 0.25) is 5.91 Å². The van der Waals surface area contributed by atoms with Crippen LogP contribution in [0.2, 0.25) is 0 Å². The van der Waals surface area contributed by atoms with Gasteiger partial charge in [-0.15, -0.1) is 10.2 Å². The van der Waals surface area contributed by atoms with Crippen LogP contribution in [0.25, 0.3) is 11.4 Å². The second-order valence-electron chi connectivity index (χ2n) is 8.54. The molecule has 2 aromatic rings. The Hall–Kier alpha value is -2.07. The van der Waals surface area contributed by atoms with Gasteiger partial charge in [-0.3, -0.25) is 4.79 Å². The van der Waals surface area contributed by atoms with Crippen LogP contribution in [0.3, 0.4) is 0 Å². The number of amides is 1. The lowest BCUT2D eigenvalue weighted by Gasteiger charge is -2.38. The van der Waals surface area contributed by atoms with Gasteiger partial charge in [0.25, 0.3) is 0 Å². The highest BCUT2D eigenvalue weighted by Gasteiger charge is 2.38. The van der Waals surface area contributed by atoms with E-state index in [1.165, 1.54) is 18.2 Å². The van der Waals surface area contributed by atoms with Gasteiger partial charge in [-0.25, -0.2) is 8.42 Å². The zero-order valence-electron chi connectivity index (χ0n) is 18.6. The summed E-state index contributed by atoms with van der Waals surface area (Å²) in [6, 6.07) is 7.55. The molecule has 1 aliphatic heterocycles. The van der Waals surface area contributed by atoms with Gasteiger partial charge in [0.15, 0.2) is 20.8 Å². The molecule has 0 radical (unpaired) electrons. The molecule has 10 heteroatoms. The quantitative estimate of drug-likeness (QED) is 0.565. The summed E-state index contributed by atoms with van der Waals surface area (Å²) >= 11 is 1.35. The largest absolute Gasteiger partial charge is 0.497 e. The van der Waals surface area contributed by atoms with Crippen LogP contribution in [-0.4, -0.2) is 70.4 Å². The number of benzene rings is 1. The van der Waals surface area contributed by atoms with Crippen LogP contribution >= 0.6 is 11.8 Å². The van der Waals surface area contributed by atoms with Gasteiger partial charge in [0, 0.05) is 24.7 Å². The van der Waals surface area contributed by atoms with E-state index in [0.717, 1.165) is 37.0 Å². The van der Waals surface area contributed by atoms with Crippen molar-refractivity contribution in [2.45, 2.75) is 55.8 Å². The molecule has 2 aliphatic rings. The van der Waals surface area contributed by atoms with E-state index < -0.39 is 9.84 Å². The van der Waals surface area contributed by atoms with Crippen molar-refractivity contribution in [2.24, 2.45) is 7.05 Å². The van der Waals surface area contributed by atoms with Crippen molar-refractivity contribution in [1.29, 1.82) is 0 Å². The summed E-state index contributed by atoms with van der Waals surface area (Å²) in [7, 11) is 0.443. The summed E-state index contributed by atoms with van der Waals surface area (Å²) in [6.07, 6.45) is 5.82. The van der Waals surface area contributed by atoms with Gasteiger partial charge in [-0.2, -0.15) is 0 Å². The molecule has 8 nitrogen and oxygen atoms in total. The van der Waals surface area contributed by atoms with E-state index in [1.807, 2.05) is 40.8 Å². The van der Waals surface area contributed by atoms with E-state index in [-0.39, 0.29) is 35.2 Å². The number of thioether (sulfide) groups is 1. The van der Waals surface area contributed by atoms with Gasteiger partial charge < -0.3 is 14.2 Å². The highest BCUT2D eigenvalue weighted by atomic mass is 32.2. The molecule has 2 fully saturated rings. The second kappa shape index (κ2) is 9.82. The Balaban J connectivity index is 1.48. The Morgan fingerprint density at radius 3 is 2.66 bits per heavy atom. The predicted octanol–water partition coefficient (Wildman–Crippen LogP) is 2.93. The second-order valence-corrected chi connectivity index (χ2v) is 11.7. The summed E-state index contributed by atoms with van der Waals surface area (Å²) in [5.74, 6) is 1.92. The third-order valence-corrected chi connectivity index (χ3v) is 9.10. The smallest absolute Gasteiger partial charge is 0.233 e. The standard InChI is InChI=1S/C22H30N4O4S2/c1-25-21(16-7-6-10-19(13-16)30-2)23-24-22(25)31-14-20(27)26(17-8-4-3-5-9-17)18-11-12-32(28,29)15-18/h6-7,10,13,17-18H,3-5,8-9,11-12,14-15H2,1-2H3/t18-/m1/s1. The molecular formula is C22H30N4O4S2. The van der Waals surface area contributed by atoms with E-state index in [1.54, 1.807) is 7.11 Å². The number of aromatic nitrogens is 3. The fourth-order valence-electron chi connectivity index (χ4n) is 4.71. The number of rotatable bonds is 7. The first-order valence-corrected chi connectivity index (χ1v) is 13.9. The maximum atomic E-state index is 13.3. The molecule has 1 saturated carbocycles. The fourth-order valence-corrected chi connectivity index (χ4v) is 7.21. The molecule has 0 bridgehead atoms. The van der Waals surface area contributed by atoms with Gasteiger partial charge in [0.05, 0.1) is 24.4 Å². The monoisotopic (exact) mass is 478 g/mol. The molecule has 1 aromatic heterocycles. The Morgan fingerprint density at radius 1 is 1.19 bits per heavy atom. The number of nitrogens with zero attached hydrogens (tertiary/aromatic N) is 4. The van der Waals surface area contributed by atoms with Crippen LogP contribution in [0.4, 0.5) is 0 Å². The zero-order valence-corrected chi connectivity index (χ0v) is 20.2. The Morgan fingerprint density at radius 2 is 1.97 bits per heavy atom. The minimum atomic E-state index is -3.06. The van der Waals surface area contributed by atoms with Crippen LogP contribution in [0.1, 0.15) is 38.5 Å². The third-order valence-electron chi connectivity index (χ3n) is 6.35. The fraction of sp³-hybridized carbons (Fsp3) is 0.591. The van der Waals surface area contributed by atoms with Crippen LogP contribution in [0.15, 0.2) is 29.4 Å². The van der Waals surface area contributed by atoms with E-state index >= 15 is 0 Å². The molecule has 1 aliphatic carbocycles. The number of hydrogen-bond acceptors (Lipinski definition) is 7. The summed E-state index contributed by atoms with van der Waals surface area (Å²) in [5.41, 5.74) is 0.887. The Bertz CT molecular complexity index is 1060. The average Bonchev–Trinajstić information content (AvgIpc) is 3.34. The van der Waals surface area contributed by atoms with Crippen molar-refractivity contribution in [3.8, 4) is 17.1 Å². The molecule has 174 valence electrons. The number of hydrogen-bond donors (Lipinski definition) is 0. The number of methoxy groups -OCH3 is 1. The summed E-state index contributed by atoms with van der Waals surface area (Å²) < 4.78 is 31.3. The molecule has 0 unspecified atom stereocenters. The van der Waals surface area contributed by atoms with Gasteiger partial charge in [-0.05, 0) is 31.4 Å². The van der Waals surface area contributed by atoms with Crippen LogP contribution < -0.4 is 4.74 Å². The van der Waals surface area contributed by atoms with Crippen molar-refractivity contribution in [1.82, 2.24) is 19.7 Å². The highest BCUT2D eigenvalue weighted by molar-refractivity contribution is 7.99. The number of carbonyl (C=O) groups excluding carboxylic acids is 1. The first-order valence-electron chi connectivity index (χ1n) is 11.1. The third kappa shape index (κ3) is 5.11. The lowest BCUT2D eigenvalue weighted by Crippen LogP contribution is -2.49. The molecular weight excluding hydrogens is 448 g/mol. The van der Waals surface area contributed by atoms with E-state index in [0.29, 0.717) is 17.4 Å². The summed E-state index contributed by atoms with van der Waals surface area (Å²) in [6.45, 7) is 0. The lowest BCUT2D eigenvalue weighted by atomic mass is 9.93.